The largest absolute Gasteiger partial charge is 0.407 e. The standard InChI is InChI=1S/C35H41O3PSi/c1-29(36)34(39(37,30-19-9-5-10-20-30)31-21-11-6-12-22-31)27-17-18-28-38-40(35(2,3)4,32-23-13-7-14-24-32)33-25-15-8-16-26-33/h5-16,19-26,34H,17-18,27-28H2,1-4H3. The lowest BCUT2D eigenvalue weighted by molar-refractivity contribution is -0.116. The summed E-state index contributed by atoms with van der Waals surface area (Å²) in [5, 5.41) is 3.91. The van der Waals surface area contributed by atoms with E-state index >= 15 is 0 Å². The fourth-order valence-electron chi connectivity index (χ4n) is 5.88. The third kappa shape index (κ3) is 6.15. The first-order chi connectivity index (χ1) is 19.2. The molecule has 5 heteroatoms. The zero-order chi connectivity index (χ0) is 28.6. The zero-order valence-corrected chi connectivity index (χ0v) is 26.0. The van der Waals surface area contributed by atoms with Gasteiger partial charge in [0.05, 0.1) is 5.66 Å². The van der Waals surface area contributed by atoms with Gasteiger partial charge in [0, 0.05) is 17.2 Å². The topological polar surface area (TPSA) is 43.4 Å². The highest BCUT2D eigenvalue weighted by Gasteiger charge is 2.50. The number of rotatable bonds is 12. The zero-order valence-electron chi connectivity index (χ0n) is 24.1. The Bertz CT molecular complexity index is 1320. The number of carbonyl (C=O) groups excluding carboxylic acids is 1. The smallest absolute Gasteiger partial charge is 0.261 e. The Morgan fingerprint density at radius 2 is 1.10 bits per heavy atom. The van der Waals surface area contributed by atoms with Crippen molar-refractivity contribution in [2.75, 3.05) is 6.61 Å². The SMILES string of the molecule is CC(=O)C(CCCCO[Si](c1ccccc1)(c1ccccc1)C(C)(C)C)P(=O)(c1ccccc1)c1ccccc1. The van der Waals surface area contributed by atoms with Gasteiger partial charge < -0.3 is 8.99 Å². The maximum Gasteiger partial charge on any atom is 0.261 e. The first-order valence-electron chi connectivity index (χ1n) is 14.2. The van der Waals surface area contributed by atoms with Gasteiger partial charge in [-0.2, -0.15) is 0 Å². The molecule has 0 aromatic heterocycles. The molecule has 0 amide bonds. The summed E-state index contributed by atoms with van der Waals surface area (Å²) >= 11 is 0. The molecule has 4 rings (SSSR count). The minimum atomic E-state index is -3.18. The van der Waals surface area contributed by atoms with E-state index in [1.165, 1.54) is 10.4 Å². The Balaban J connectivity index is 1.57. The summed E-state index contributed by atoms with van der Waals surface area (Å²) in [4.78, 5) is 13.1. The lowest BCUT2D eigenvalue weighted by Crippen LogP contribution is -2.66. The van der Waals surface area contributed by atoms with E-state index in [4.69, 9.17) is 4.43 Å². The molecule has 0 aliphatic heterocycles. The minimum Gasteiger partial charge on any atom is -0.407 e. The summed E-state index contributed by atoms with van der Waals surface area (Å²) in [6.45, 7) is 9.00. The molecule has 1 unspecified atom stereocenters. The van der Waals surface area contributed by atoms with Crippen molar-refractivity contribution in [2.24, 2.45) is 0 Å². The molecule has 0 bridgehead atoms. The van der Waals surface area contributed by atoms with Crippen LogP contribution in [0.25, 0.3) is 0 Å². The van der Waals surface area contributed by atoms with Crippen LogP contribution in [-0.4, -0.2) is 26.4 Å². The number of ketones is 1. The van der Waals surface area contributed by atoms with Gasteiger partial charge in [-0.3, -0.25) is 4.79 Å². The summed E-state index contributed by atoms with van der Waals surface area (Å²) in [5.74, 6) is -0.0241. The van der Waals surface area contributed by atoms with E-state index in [1.54, 1.807) is 6.92 Å². The number of carbonyl (C=O) groups is 1. The highest BCUT2D eigenvalue weighted by Crippen LogP contribution is 2.50. The molecule has 0 aliphatic rings. The molecule has 1 atom stereocenters. The fourth-order valence-corrected chi connectivity index (χ4v) is 13.8. The van der Waals surface area contributed by atoms with Gasteiger partial charge in [0.2, 0.25) is 0 Å². The fraction of sp³-hybridized carbons (Fsp3) is 0.286. The number of hydrogen-bond acceptors (Lipinski definition) is 3. The average molecular weight is 569 g/mol. The Kier molecular flexibility index (Phi) is 9.79. The van der Waals surface area contributed by atoms with Crippen LogP contribution >= 0.6 is 7.14 Å². The van der Waals surface area contributed by atoms with Crippen LogP contribution in [0.15, 0.2) is 121 Å². The lowest BCUT2D eigenvalue weighted by Gasteiger charge is -2.43. The number of Topliss-reactive ketones (excluding diaryl/α,β-unsaturated/α-hetero) is 1. The van der Waals surface area contributed by atoms with E-state index < -0.39 is 21.1 Å². The van der Waals surface area contributed by atoms with E-state index in [0.29, 0.717) is 13.0 Å². The van der Waals surface area contributed by atoms with E-state index in [0.717, 1.165) is 23.5 Å². The van der Waals surface area contributed by atoms with Crippen LogP contribution < -0.4 is 21.0 Å². The normalized spacial score (nSPS) is 13.1. The molecule has 0 radical (unpaired) electrons. The van der Waals surface area contributed by atoms with Crippen LogP contribution in [0.3, 0.4) is 0 Å². The molecule has 4 aromatic rings. The monoisotopic (exact) mass is 568 g/mol. The minimum absolute atomic E-state index is 0.0241. The van der Waals surface area contributed by atoms with Gasteiger partial charge >= 0.3 is 0 Å². The Morgan fingerprint density at radius 3 is 1.48 bits per heavy atom. The predicted molar refractivity (Wildman–Crippen MR) is 172 cm³/mol. The van der Waals surface area contributed by atoms with Crippen molar-refractivity contribution in [2.45, 2.75) is 57.7 Å². The summed E-state index contributed by atoms with van der Waals surface area (Å²) in [6, 6.07) is 40.3. The highest BCUT2D eigenvalue weighted by atomic mass is 31.2. The molecule has 208 valence electrons. The molecule has 0 N–H and O–H groups in total. The quantitative estimate of drug-likeness (QED) is 0.108. The summed E-state index contributed by atoms with van der Waals surface area (Å²) < 4.78 is 21.9. The van der Waals surface area contributed by atoms with Crippen molar-refractivity contribution in [3.63, 3.8) is 0 Å². The Labute approximate surface area is 241 Å². The van der Waals surface area contributed by atoms with Gasteiger partial charge in [-0.15, -0.1) is 0 Å². The second kappa shape index (κ2) is 13.1. The van der Waals surface area contributed by atoms with Crippen molar-refractivity contribution < 1.29 is 13.8 Å². The molecule has 0 fully saturated rings. The van der Waals surface area contributed by atoms with Crippen LogP contribution in [0.4, 0.5) is 0 Å². The van der Waals surface area contributed by atoms with Crippen molar-refractivity contribution in [1.29, 1.82) is 0 Å². The first-order valence-corrected chi connectivity index (χ1v) is 17.9. The van der Waals surface area contributed by atoms with Gasteiger partial charge in [0.25, 0.3) is 8.32 Å². The van der Waals surface area contributed by atoms with Crippen LogP contribution in [0.2, 0.25) is 5.04 Å². The van der Waals surface area contributed by atoms with Gasteiger partial charge in [0.15, 0.2) is 7.14 Å². The van der Waals surface area contributed by atoms with Crippen molar-refractivity contribution in [3.8, 4) is 0 Å². The molecule has 0 saturated heterocycles. The van der Waals surface area contributed by atoms with E-state index in [-0.39, 0.29) is 10.8 Å². The average Bonchev–Trinajstić information content (AvgIpc) is 2.97. The van der Waals surface area contributed by atoms with Gasteiger partial charge in [-0.1, -0.05) is 149 Å². The van der Waals surface area contributed by atoms with Crippen molar-refractivity contribution in [3.05, 3.63) is 121 Å². The second-order valence-electron chi connectivity index (χ2n) is 11.5. The molecule has 0 heterocycles. The second-order valence-corrected chi connectivity index (χ2v) is 18.7. The third-order valence-electron chi connectivity index (χ3n) is 7.80. The molecule has 0 spiro atoms. The highest BCUT2D eigenvalue weighted by molar-refractivity contribution is 7.80. The maximum absolute atomic E-state index is 14.8. The molecular formula is C35H41O3PSi. The van der Waals surface area contributed by atoms with Gasteiger partial charge in [-0.05, 0) is 35.2 Å². The van der Waals surface area contributed by atoms with Crippen LogP contribution in [0.1, 0.15) is 47.0 Å². The van der Waals surface area contributed by atoms with Gasteiger partial charge in [-0.25, -0.2) is 0 Å². The van der Waals surface area contributed by atoms with E-state index in [1.807, 2.05) is 60.7 Å². The lowest BCUT2D eigenvalue weighted by atomic mass is 10.1. The molecule has 4 aromatic carbocycles. The number of benzene rings is 4. The van der Waals surface area contributed by atoms with Gasteiger partial charge in [0.1, 0.15) is 5.78 Å². The molecule has 0 aliphatic carbocycles. The Morgan fingerprint density at radius 1 is 0.700 bits per heavy atom. The first kappa shape index (κ1) is 29.9. The maximum atomic E-state index is 14.8. The van der Waals surface area contributed by atoms with Crippen molar-refractivity contribution >= 4 is 42.2 Å². The third-order valence-corrected chi connectivity index (χ3v) is 16.5. The van der Waals surface area contributed by atoms with Crippen LogP contribution in [0, 0.1) is 0 Å². The van der Waals surface area contributed by atoms with Crippen LogP contribution in [-0.2, 0) is 13.8 Å². The summed E-state index contributed by atoms with van der Waals surface area (Å²) in [5.41, 5.74) is -0.565. The van der Waals surface area contributed by atoms with E-state index in [9.17, 15) is 9.36 Å². The Hall–Kier alpha value is -3.04. The predicted octanol–water partition coefficient (Wildman–Crippen LogP) is 6.71. The van der Waals surface area contributed by atoms with Crippen LogP contribution in [0.5, 0.6) is 0 Å². The summed E-state index contributed by atoms with van der Waals surface area (Å²) in [7, 11) is -5.79. The molecule has 0 saturated carbocycles. The van der Waals surface area contributed by atoms with E-state index in [2.05, 4.69) is 81.4 Å². The summed E-state index contributed by atoms with van der Waals surface area (Å²) in [6.07, 6.45) is 2.10. The van der Waals surface area contributed by atoms with Crippen molar-refractivity contribution in [1.82, 2.24) is 0 Å². The number of hydrogen-bond donors (Lipinski definition) is 0. The molecule has 3 nitrogen and oxygen atoms in total. The molecular weight excluding hydrogens is 527 g/mol. The number of unbranched alkanes of at least 4 members (excludes halogenated alkanes) is 1. The molecule has 40 heavy (non-hydrogen) atoms.